The van der Waals surface area contributed by atoms with Crippen molar-refractivity contribution in [1.82, 2.24) is 5.32 Å². The molecule has 1 saturated carbocycles. The maximum Gasteiger partial charge on any atom is 0.331 e. The molecule has 0 aliphatic heterocycles. The summed E-state index contributed by atoms with van der Waals surface area (Å²) in [6.07, 6.45) is 7.94. The summed E-state index contributed by atoms with van der Waals surface area (Å²) < 4.78 is 10.4. The number of ether oxygens (including phenoxy) is 2. The molecule has 3 atom stereocenters. The van der Waals surface area contributed by atoms with Gasteiger partial charge in [0, 0.05) is 12.1 Å². The van der Waals surface area contributed by atoms with Gasteiger partial charge in [-0.05, 0) is 42.0 Å². The van der Waals surface area contributed by atoms with Crippen LogP contribution in [-0.2, 0) is 14.3 Å². The fourth-order valence-electron chi connectivity index (χ4n) is 3.21. The number of rotatable bonds is 8. The van der Waals surface area contributed by atoms with Crippen LogP contribution in [0.4, 0.5) is 0 Å². The van der Waals surface area contributed by atoms with Gasteiger partial charge in [-0.3, -0.25) is 4.79 Å². The summed E-state index contributed by atoms with van der Waals surface area (Å²) in [4.78, 5) is 23.8. The molecule has 5 heteroatoms. The Morgan fingerprint density at radius 1 is 1.22 bits per heavy atom. The van der Waals surface area contributed by atoms with Crippen molar-refractivity contribution in [2.45, 2.75) is 39.2 Å². The molecule has 0 radical (unpaired) electrons. The summed E-state index contributed by atoms with van der Waals surface area (Å²) in [6, 6.07) is 7.46. The van der Waals surface area contributed by atoms with Crippen molar-refractivity contribution >= 4 is 18.0 Å². The number of hydrogen-bond acceptors (Lipinski definition) is 4. The standard InChI is InChI=1S/C22H29NO4/c1-4-14-26-19-11-8-18(9-12-19)10-13-22(25)27-15-21(24)23-20-7-5-6-16(2)17(20)3/h4,8-13,16-17,20H,1,5-7,14-15H2,2-3H3,(H,23,24)/b13-10+/t16-,17+,20-/m0/s1. The highest BCUT2D eigenvalue weighted by molar-refractivity contribution is 5.89. The summed E-state index contributed by atoms with van der Waals surface area (Å²) in [5.41, 5.74) is 0.840. The lowest BCUT2D eigenvalue weighted by molar-refractivity contribution is -0.144. The minimum absolute atomic E-state index is 0.164. The number of amides is 1. The van der Waals surface area contributed by atoms with Crippen molar-refractivity contribution in [3.8, 4) is 5.75 Å². The molecular formula is C22H29NO4. The van der Waals surface area contributed by atoms with Crippen LogP contribution in [0.5, 0.6) is 5.75 Å². The molecule has 2 rings (SSSR count). The third kappa shape index (κ3) is 6.93. The second-order valence-electron chi connectivity index (χ2n) is 7.05. The monoisotopic (exact) mass is 371 g/mol. The quantitative estimate of drug-likeness (QED) is 0.429. The average Bonchev–Trinajstić information content (AvgIpc) is 2.67. The van der Waals surface area contributed by atoms with E-state index >= 15 is 0 Å². The van der Waals surface area contributed by atoms with Gasteiger partial charge in [-0.25, -0.2) is 4.79 Å². The van der Waals surface area contributed by atoms with Crippen LogP contribution in [0, 0.1) is 11.8 Å². The molecule has 5 nitrogen and oxygen atoms in total. The Labute approximate surface area is 161 Å². The Morgan fingerprint density at radius 2 is 1.96 bits per heavy atom. The van der Waals surface area contributed by atoms with Gasteiger partial charge < -0.3 is 14.8 Å². The summed E-state index contributed by atoms with van der Waals surface area (Å²) >= 11 is 0. The molecule has 0 aromatic heterocycles. The smallest absolute Gasteiger partial charge is 0.331 e. The van der Waals surface area contributed by atoms with Crippen molar-refractivity contribution in [2.24, 2.45) is 11.8 Å². The number of esters is 1. The lowest BCUT2D eigenvalue weighted by Crippen LogP contribution is -2.45. The highest BCUT2D eigenvalue weighted by Crippen LogP contribution is 2.29. The first kappa shape index (κ1) is 20.7. The van der Waals surface area contributed by atoms with E-state index in [1.807, 2.05) is 24.3 Å². The van der Waals surface area contributed by atoms with Crippen LogP contribution < -0.4 is 10.1 Å². The Kier molecular flexibility index (Phi) is 8.11. The van der Waals surface area contributed by atoms with Crippen molar-refractivity contribution in [3.05, 3.63) is 48.6 Å². The third-order valence-electron chi connectivity index (χ3n) is 5.06. The van der Waals surface area contributed by atoms with E-state index in [9.17, 15) is 9.59 Å². The Balaban J connectivity index is 1.74. The predicted octanol–water partition coefficient (Wildman–Crippen LogP) is 3.75. The van der Waals surface area contributed by atoms with Gasteiger partial charge in [-0.15, -0.1) is 0 Å². The van der Waals surface area contributed by atoms with Gasteiger partial charge in [0.15, 0.2) is 6.61 Å². The highest BCUT2D eigenvalue weighted by atomic mass is 16.5. The van der Waals surface area contributed by atoms with E-state index in [1.54, 1.807) is 12.2 Å². The van der Waals surface area contributed by atoms with Gasteiger partial charge in [0.25, 0.3) is 5.91 Å². The number of carbonyl (C=O) groups is 2. The first-order chi connectivity index (χ1) is 13.0. The summed E-state index contributed by atoms with van der Waals surface area (Å²) in [6.45, 7) is 8.17. The molecule has 1 aliphatic carbocycles. The molecular weight excluding hydrogens is 342 g/mol. The van der Waals surface area contributed by atoms with E-state index in [0.717, 1.165) is 24.2 Å². The molecule has 0 unspecified atom stereocenters. The van der Waals surface area contributed by atoms with Crippen molar-refractivity contribution in [3.63, 3.8) is 0 Å². The lowest BCUT2D eigenvalue weighted by Gasteiger charge is -2.34. The normalized spacial score (nSPS) is 22.2. The zero-order chi connectivity index (χ0) is 19.6. The lowest BCUT2D eigenvalue weighted by atomic mass is 9.78. The molecule has 0 saturated heterocycles. The second kappa shape index (κ2) is 10.6. The Morgan fingerprint density at radius 3 is 2.67 bits per heavy atom. The molecule has 0 spiro atoms. The number of nitrogens with one attached hydrogen (secondary N) is 1. The van der Waals surface area contributed by atoms with E-state index in [2.05, 4.69) is 25.7 Å². The van der Waals surface area contributed by atoms with Crippen molar-refractivity contribution in [2.75, 3.05) is 13.2 Å². The summed E-state index contributed by atoms with van der Waals surface area (Å²) in [7, 11) is 0. The number of hydrogen-bond donors (Lipinski definition) is 1. The molecule has 1 aliphatic rings. The van der Waals surface area contributed by atoms with E-state index in [0.29, 0.717) is 18.4 Å². The predicted molar refractivity (Wildman–Crippen MR) is 106 cm³/mol. The molecule has 1 amide bonds. The first-order valence-electron chi connectivity index (χ1n) is 9.47. The van der Waals surface area contributed by atoms with Crippen LogP contribution >= 0.6 is 0 Å². The molecule has 0 heterocycles. The number of carbonyl (C=O) groups excluding carboxylic acids is 2. The van der Waals surface area contributed by atoms with Gasteiger partial charge in [-0.2, -0.15) is 0 Å². The third-order valence-corrected chi connectivity index (χ3v) is 5.06. The van der Waals surface area contributed by atoms with Crippen LogP contribution in [0.2, 0.25) is 0 Å². The van der Waals surface area contributed by atoms with Crippen LogP contribution in [0.1, 0.15) is 38.7 Å². The van der Waals surface area contributed by atoms with Crippen LogP contribution in [0.15, 0.2) is 43.0 Å². The van der Waals surface area contributed by atoms with E-state index in [-0.39, 0.29) is 18.6 Å². The van der Waals surface area contributed by atoms with E-state index in [1.165, 1.54) is 12.5 Å². The topological polar surface area (TPSA) is 64.6 Å². The molecule has 1 aromatic rings. The SMILES string of the molecule is C=CCOc1ccc(/C=C/C(=O)OCC(=O)N[C@H]2CCC[C@H](C)[C@H]2C)cc1. The van der Waals surface area contributed by atoms with Gasteiger partial charge in [0.1, 0.15) is 12.4 Å². The van der Waals surface area contributed by atoms with Crippen molar-refractivity contribution < 1.29 is 19.1 Å². The zero-order valence-electron chi connectivity index (χ0n) is 16.1. The van der Waals surface area contributed by atoms with Crippen molar-refractivity contribution in [1.29, 1.82) is 0 Å². The largest absolute Gasteiger partial charge is 0.490 e. The second-order valence-corrected chi connectivity index (χ2v) is 7.05. The molecule has 1 aromatic carbocycles. The van der Waals surface area contributed by atoms with E-state index in [4.69, 9.17) is 9.47 Å². The average molecular weight is 371 g/mol. The zero-order valence-corrected chi connectivity index (χ0v) is 16.1. The highest BCUT2D eigenvalue weighted by Gasteiger charge is 2.28. The molecule has 27 heavy (non-hydrogen) atoms. The fourth-order valence-corrected chi connectivity index (χ4v) is 3.21. The van der Waals surface area contributed by atoms with E-state index < -0.39 is 5.97 Å². The first-order valence-corrected chi connectivity index (χ1v) is 9.47. The molecule has 1 fully saturated rings. The Hall–Kier alpha value is -2.56. The molecule has 146 valence electrons. The van der Waals surface area contributed by atoms with Gasteiger partial charge in [0.05, 0.1) is 0 Å². The minimum Gasteiger partial charge on any atom is -0.490 e. The molecule has 1 N–H and O–H groups in total. The van der Waals surface area contributed by atoms with Crippen LogP contribution in [0.25, 0.3) is 6.08 Å². The fraction of sp³-hybridized carbons (Fsp3) is 0.455. The maximum atomic E-state index is 12.0. The number of benzene rings is 1. The molecule has 0 bridgehead atoms. The summed E-state index contributed by atoms with van der Waals surface area (Å²) in [5, 5.41) is 2.99. The van der Waals surface area contributed by atoms with Gasteiger partial charge in [0.2, 0.25) is 0 Å². The maximum absolute atomic E-state index is 12.0. The van der Waals surface area contributed by atoms with Crippen LogP contribution in [0.3, 0.4) is 0 Å². The minimum atomic E-state index is -0.540. The van der Waals surface area contributed by atoms with Crippen LogP contribution in [-0.4, -0.2) is 31.1 Å². The Bertz CT molecular complexity index is 665. The van der Waals surface area contributed by atoms with Gasteiger partial charge >= 0.3 is 5.97 Å². The van der Waals surface area contributed by atoms with Gasteiger partial charge in [-0.1, -0.05) is 51.5 Å². The summed E-state index contributed by atoms with van der Waals surface area (Å²) in [5.74, 6) is 0.992.